The van der Waals surface area contributed by atoms with E-state index in [0.717, 1.165) is 0 Å². The summed E-state index contributed by atoms with van der Waals surface area (Å²) in [5, 5.41) is 0. The third-order valence-corrected chi connectivity index (χ3v) is 4.65. The molecule has 1 aliphatic rings. The predicted octanol–water partition coefficient (Wildman–Crippen LogP) is 5.17. The Kier molecular flexibility index (Phi) is 5.45. The molecule has 1 aromatic rings. The second-order valence-corrected chi connectivity index (χ2v) is 6.45. The van der Waals surface area contributed by atoms with Gasteiger partial charge in [-0.1, -0.05) is 70.2 Å². The zero-order valence-electron chi connectivity index (χ0n) is 12.6. The van der Waals surface area contributed by atoms with Gasteiger partial charge in [-0.3, -0.25) is 0 Å². The highest BCUT2D eigenvalue weighted by atomic mass is 14.7. The maximum Gasteiger partial charge on any atom is 0.0323 e. The molecular formula is C18H29N. The molecule has 0 aromatic heterocycles. The Morgan fingerprint density at radius 1 is 0.842 bits per heavy atom. The minimum atomic E-state index is 0.235. The fourth-order valence-corrected chi connectivity index (χ4v) is 3.22. The van der Waals surface area contributed by atoms with E-state index in [4.69, 9.17) is 5.73 Å². The molecule has 0 bridgehead atoms. The van der Waals surface area contributed by atoms with E-state index in [1.807, 2.05) is 0 Å². The van der Waals surface area contributed by atoms with Crippen molar-refractivity contribution in [1.29, 1.82) is 0 Å². The van der Waals surface area contributed by atoms with Crippen LogP contribution >= 0.6 is 0 Å². The molecule has 1 heteroatoms. The largest absolute Gasteiger partial charge is 0.324 e. The molecular weight excluding hydrogens is 230 g/mol. The molecule has 1 unspecified atom stereocenters. The predicted molar refractivity (Wildman–Crippen MR) is 83.3 cm³/mol. The molecule has 106 valence electrons. The normalized spacial score (nSPS) is 20.0. The maximum absolute atomic E-state index is 6.52. The summed E-state index contributed by atoms with van der Waals surface area (Å²) in [6.07, 6.45) is 9.57. The van der Waals surface area contributed by atoms with Gasteiger partial charge in [0.2, 0.25) is 0 Å². The van der Waals surface area contributed by atoms with Gasteiger partial charge in [0.25, 0.3) is 0 Å². The summed E-state index contributed by atoms with van der Waals surface area (Å²) in [4.78, 5) is 0. The smallest absolute Gasteiger partial charge is 0.0323 e. The van der Waals surface area contributed by atoms with Crippen molar-refractivity contribution in [2.75, 3.05) is 0 Å². The quantitative estimate of drug-likeness (QED) is 0.796. The van der Waals surface area contributed by atoms with Crippen molar-refractivity contribution in [3.63, 3.8) is 0 Å². The molecule has 0 amide bonds. The van der Waals surface area contributed by atoms with Gasteiger partial charge in [-0.25, -0.2) is 0 Å². The van der Waals surface area contributed by atoms with Gasteiger partial charge in [-0.05, 0) is 35.8 Å². The molecule has 0 spiro atoms. The van der Waals surface area contributed by atoms with E-state index < -0.39 is 0 Å². The topological polar surface area (TPSA) is 26.0 Å². The first kappa shape index (κ1) is 14.6. The van der Waals surface area contributed by atoms with Crippen molar-refractivity contribution in [2.24, 2.45) is 11.7 Å². The van der Waals surface area contributed by atoms with Crippen molar-refractivity contribution in [3.8, 4) is 0 Å². The van der Waals surface area contributed by atoms with Crippen LogP contribution in [0.3, 0.4) is 0 Å². The zero-order chi connectivity index (χ0) is 13.7. The van der Waals surface area contributed by atoms with Crippen molar-refractivity contribution >= 4 is 0 Å². The van der Waals surface area contributed by atoms with Gasteiger partial charge in [0.15, 0.2) is 0 Å². The number of rotatable bonds is 3. The Labute approximate surface area is 118 Å². The summed E-state index contributed by atoms with van der Waals surface area (Å²) in [6, 6.07) is 9.24. The molecule has 0 radical (unpaired) electrons. The van der Waals surface area contributed by atoms with E-state index in [-0.39, 0.29) is 6.04 Å². The lowest BCUT2D eigenvalue weighted by Crippen LogP contribution is -2.22. The van der Waals surface area contributed by atoms with Crippen LogP contribution in [-0.4, -0.2) is 0 Å². The molecule has 1 nitrogen and oxygen atoms in total. The fourth-order valence-electron chi connectivity index (χ4n) is 3.22. The Bertz CT molecular complexity index is 358. The van der Waals surface area contributed by atoms with E-state index in [1.165, 1.54) is 56.1 Å². The van der Waals surface area contributed by atoms with Gasteiger partial charge in [0.1, 0.15) is 0 Å². The summed E-state index contributed by atoms with van der Waals surface area (Å²) in [6.45, 7) is 4.48. The van der Waals surface area contributed by atoms with Crippen LogP contribution in [-0.2, 0) is 0 Å². The lowest BCUT2D eigenvalue weighted by molar-refractivity contribution is 0.327. The first-order valence-electron chi connectivity index (χ1n) is 8.04. The molecule has 19 heavy (non-hydrogen) atoms. The monoisotopic (exact) mass is 259 g/mol. The molecule has 1 fully saturated rings. The molecule has 1 atom stereocenters. The third kappa shape index (κ3) is 4.07. The van der Waals surface area contributed by atoms with Gasteiger partial charge >= 0.3 is 0 Å². The van der Waals surface area contributed by atoms with Crippen LogP contribution in [0.1, 0.15) is 81.9 Å². The van der Waals surface area contributed by atoms with Gasteiger partial charge in [-0.15, -0.1) is 0 Å². The highest BCUT2D eigenvalue weighted by Crippen LogP contribution is 2.31. The van der Waals surface area contributed by atoms with Crippen LogP contribution in [0.15, 0.2) is 24.3 Å². The Balaban J connectivity index is 2.02. The lowest BCUT2D eigenvalue weighted by Gasteiger charge is -2.26. The van der Waals surface area contributed by atoms with Crippen molar-refractivity contribution in [1.82, 2.24) is 0 Å². The van der Waals surface area contributed by atoms with Crippen LogP contribution in [0.2, 0.25) is 0 Å². The molecule has 1 saturated carbocycles. The molecule has 1 aliphatic carbocycles. The highest BCUT2D eigenvalue weighted by molar-refractivity contribution is 5.27. The van der Waals surface area contributed by atoms with Crippen molar-refractivity contribution in [2.45, 2.75) is 70.8 Å². The third-order valence-electron chi connectivity index (χ3n) is 4.65. The summed E-state index contributed by atoms with van der Waals surface area (Å²) in [7, 11) is 0. The molecule has 2 rings (SSSR count). The minimum Gasteiger partial charge on any atom is -0.324 e. The molecule has 1 aromatic carbocycles. The van der Waals surface area contributed by atoms with Crippen LogP contribution < -0.4 is 5.73 Å². The first-order valence-corrected chi connectivity index (χ1v) is 8.04. The van der Waals surface area contributed by atoms with E-state index in [1.54, 1.807) is 0 Å². The van der Waals surface area contributed by atoms with E-state index in [9.17, 15) is 0 Å². The summed E-state index contributed by atoms with van der Waals surface area (Å²) >= 11 is 0. The Morgan fingerprint density at radius 2 is 1.32 bits per heavy atom. The van der Waals surface area contributed by atoms with Gasteiger partial charge in [-0.2, -0.15) is 0 Å². The van der Waals surface area contributed by atoms with Crippen LogP contribution in [0.5, 0.6) is 0 Å². The second-order valence-electron chi connectivity index (χ2n) is 6.45. The second kappa shape index (κ2) is 7.09. The molecule has 2 N–H and O–H groups in total. The standard InChI is InChI=1S/C18H29N/c1-14(2)15-10-12-17(13-11-15)18(19)16-8-6-4-3-5-7-9-16/h10-14,16,18H,3-9,19H2,1-2H3. The molecule has 0 aliphatic heterocycles. The van der Waals surface area contributed by atoms with Gasteiger partial charge in [0, 0.05) is 6.04 Å². The van der Waals surface area contributed by atoms with E-state index in [2.05, 4.69) is 38.1 Å². The van der Waals surface area contributed by atoms with E-state index >= 15 is 0 Å². The average Bonchev–Trinajstić information content (AvgIpc) is 2.38. The van der Waals surface area contributed by atoms with Crippen molar-refractivity contribution in [3.05, 3.63) is 35.4 Å². The minimum absolute atomic E-state index is 0.235. The SMILES string of the molecule is CC(C)c1ccc(C(N)C2CCCCCCC2)cc1. The lowest BCUT2D eigenvalue weighted by atomic mass is 9.83. The molecule has 0 heterocycles. The maximum atomic E-state index is 6.52. The fraction of sp³-hybridized carbons (Fsp3) is 0.667. The summed E-state index contributed by atoms with van der Waals surface area (Å²) in [5.74, 6) is 1.29. The van der Waals surface area contributed by atoms with Gasteiger partial charge < -0.3 is 5.73 Å². The number of hydrogen-bond acceptors (Lipinski definition) is 1. The van der Waals surface area contributed by atoms with Crippen LogP contribution in [0.4, 0.5) is 0 Å². The van der Waals surface area contributed by atoms with E-state index in [0.29, 0.717) is 11.8 Å². The van der Waals surface area contributed by atoms with Crippen LogP contribution in [0.25, 0.3) is 0 Å². The Morgan fingerprint density at radius 3 is 1.84 bits per heavy atom. The molecule has 0 saturated heterocycles. The van der Waals surface area contributed by atoms with Crippen molar-refractivity contribution < 1.29 is 0 Å². The van der Waals surface area contributed by atoms with Gasteiger partial charge in [0.05, 0.1) is 0 Å². The average molecular weight is 259 g/mol. The highest BCUT2D eigenvalue weighted by Gasteiger charge is 2.20. The number of hydrogen-bond donors (Lipinski definition) is 1. The number of benzene rings is 1. The number of nitrogens with two attached hydrogens (primary N) is 1. The van der Waals surface area contributed by atoms with Crippen LogP contribution in [0, 0.1) is 5.92 Å². The zero-order valence-corrected chi connectivity index (χ0v) is 12.6. The summed E-state index contributed by atoms with van der Waals surface area (Å²) < 4.78 is 0. The first-order chi connectivity index (χ1) is 9.18. The Hall–Kier alpha value is -0.820. The summed E-state index contributed by atoms with van der Waals surface area (Å²) in [5.41, 5.74) is 9.26.